The van der Waals surface area contributed by atoms with E-state index >= 15 is 0 Å². The second kappa shape index (κ2) is 4.87. The van der Waals surface area contributed by atoms with Crippen LogP contribution in [0.15, 0.2) is 24.5 Å². The number of nitrogens with zero attached hydrogens (tertiary/aromatic N) is 1. The molecule has 0 saturated carbocycles. The molecule has 0 spiro atoms. The van der Waals surface area contributed by atoms with Crippen LogP contribution in [0.2, 0.25) is 0 Å². The highest BCUT2D eigenvalue weighted by atomic mass is 16.4. The number of nitrogens with one attached hydrogen (secondary N) is 2. The lowest BCUT2D eigenvalue weighted by Crippen LogP contribution is -2.41. The fraction of sp³-hybridized carbons (Fsp3) is 0.250. The van der Waals surface area contributed by atoms with E-state index in [0.29, 0.717) is 5.65 Å². The number of fused-ring (bicyclic) bond motifs is 1. The molecule has 0 fully saturated rings. The summed E-state index contributed by atoms with van der Waals surface area (Å²) < 4.78 is 0. The van der Waals surface area contributed by atoms with Gasteiger partial charge in [0.05, 0.1) is 0 Å². The standard InChI is InChI=1S/C12H13N3O3/c1-7(16)15-10(12(17)18)5-8-6-14-11-9(8)3-2-4-13-11/h2-4,6,10H,5H2,1H3,(H,13,14)(H,15,16)(H,17,18)/t10-/m1/s1. The van der Waals surface area contributed by atoms with Crippen LogP contribution in [0, 0.1) is 0 Å². The van der Waals surface area contributed by atoms with Gasteiger partial charge in [-0.2, -0.15) is 0 Å². The van der Waals surface area contributed by atoms with Crippen molar-refractivity contribution >= 4 is 22.9 Å². The van der Waals surface area contributed by atoms with Gasteiger partial charge in [0.15, 0.2) is 0 Å². The topological polar surface area (TPSA) is 95.1 Å². The van der Waals surface area contributed by atoms with E-state index in [1.165, 1.54) is 6.92 Å². The molecule has 18 heavy (non-hydrogen) atoms. The lowest BCUT2D eigenvalue weighted by Gasteiger charge is -2.12. The number of hydrogen-bond donors (Lipinski definition) is 3. The molecule has 1 atom stereocenters. The summed E-state index contributed by atoms with van der Waals surface area (Å²) in [5, 5.41) is 12.3. The number of rotatable bonds is 4. The van der Waals surface area contributed by atoms with Crippen LogP contribution in [0.4, 0.5) is 0 Å². The van der Waals surface area contributed by atoms with Gasteiger partial charge in [0, 0.05) is 31.1 Å². The minimum absolute atomic E-state index is 0.223. The van der Waals surface area contributed by atoms with Gasteiger partial charge >= 0.3 is 5.97 Å². The molecule has 0 radical (unpaired) electrons. The van der Waals surface area contributed by atoms with E-state index in [-0.39, 0.29) is 12.3 Å². The average Bonchev–Trinajstić information content (AvgIpc) is 2.71. The average molecular weight is 247 g/mol. The first kappa shape index (κ1) is 12.1. The Morgan fingerprint density at radius 3 is 3.00 bits per heavy atom. The van der Waals surface area contributed by atoms with E-state index in [1.54, 1.807) is 18.5 Å². The molecular formula is C12H13N3O3. The van der Waals surface area contributed by atoms with Gasteiger partial charge in [-0.1, -0.05) is 0 Å². The Morgan fingerprint density at radius 2 is 2.33 bits per heavy atom. The summed E-state index contributed by atoms with van der Waals surface area (Å²) in [6.45, 7) is 1.30. The number of carboxylic acid groups (broad SMARTS) is 1. The molecule has 1 amide bonds. The molecule has 0 bridgehead atoms. The van der Waals surface area contributed by atoms with E-state index < -0.39 is 12.0 Å². The molecule has 2 rings (SSSR count). The molecule has 6 heteroatoms. The minimum atomic E-state index is -1.05. The maximum absolute atomic E-state index is 11.1. The number of carbonyl (C=O) groups is 2. The number of pyridine rings is 1. The van der Waals surface area contributed by atoms with Gasteiger partial charge in [-0.05, 0) is 17.7 Å². The summed E-state index contributed by atoms with van der Waals surface area (Å²) in [5.74, 6) is -1.41. The molecule has 0 unspecified atom stereocenters. The maximum Gasteiger partial charge on any atom is 0.326 e. The molecule has 2 aromatic heterocycles. The van der Waals surface area contributed by atoms with Crippen LogP contribution >= 0.6 is 0 Å². The van der Waals surface area contributed by atoms with Crippen molar-refractivity contribution in [3.8, 4) is 0 Å². The SMILES string of the molecule is CC(=O)N[C@H](Cc1c[nH]c2ncccc12)C(=O)O. The highest BCUT2D eigenvalue weighted by Crippen LogP contribution is 2.17. The second-order valence-corrected chi connectivity index (χ2v) is 4.01. The summed E-state index contributed by atoms with van der Waals surface area (Å²) in [4.78, 5) is 29.1. The van der Waals surface area contributed by atoms with Crippen LogP contribution in [-0.2, 0) is 16.0 Å². The third-order valence-corrected chi connectivity index (χ3v) is 2.64. The van der Waals surface area contributed by atoms with Crippen molar-refractivity contribution in [2.75, 3.05) is 0 Å². The fourth-order valence-corrected chi connectivity index (χ4v) is 1.85. The van der Waals surface area contributed by atoms with Crippen LogP contribution in [0.25, 0.3) is 11.0 Å². The highest BCUT2D eigenvalue weighted by Gasteiger charge is 2.20. The number of aromatic nitrogens is 2. The van der Waals surface area contributed by atoms with Crippen molar-refractivity contribution in [2.24, 2.45) is 0 Å². The highest BCUT2D eigenvalue weighted by molar-refractivity contribution is 5.84. The predicted octanol–water partition coefficient (Wildman–Crippen LogP) is 0.695. The molecule has 0 saturated heterocycles. The smallest absolute Gasteiger partial charge is 0.326 e. The molecule has 3 N–H and O–H groups in total. The molecule has 0 aliphatic carbocycles. The summed E-state index contributed by atoms with van der Waals surface area (Å²) in [6, 6.07) is 2.72. The van der Waals surface area contributed by atoms with E-state index in [0.717, 1.165) is 10.9 Å². The van der Waals surface area contributed by atoms with Crippen LogP contribution in [0.5, 0.6) is 0 Å². The van der Waals surface area contributed by atoms with Crippen molar-refractivity contribution in [3.63, 3.8) is 0 Å². The quantitative estimate of drug-likeness (QED) is 0.741. The molecule has 2 heterocycles. The Bertz CT molecular complexity index is 591. The maximum atomic E-state index is 11.1. The van der Waals surface area contributed by atoms with Crippen molar-refractivity contribution in [1.29, 1.82) is 0 Å². The summed E-state index contributed by atoms with van der Waals surface area (Å²) in [5.41, 5.74) is 1.53. The second-order valence-electron chi connectivity index (χ2n) is 4.01. The molecule has 6 nitrogen and oxygen atoms in total. The lowest BCUT2D eigenvalue weighted by molar-refractivity contribution is -0.141. The van der Waals surface area contributed by atoms with E-state index in [9.17, 15) is 9.59 Å². The van der Waals surface area contributed by atoms with Gasteiger partial charge in [0.1, 0.15) is 11.7 Å². The number of aromatic amines is 1. The normalized spacial score (nSPS) is 12.3. The Labute approximate surface area is 103 Å². The van der Waals surface area contributed by atoms with Gasteiger partial charge in [-0.3, -0.25) is 4.79 Å². The van der Waals surface area contributed by atoms with Crippen molar-refractivity contribution in [3.05, 3.63) is 30.1 Å². The fourth-order valence-electron chi connectivity index (χ4n) is 1.85. The van der Waals surface area contributed by atoms with Crippen molar-refractivity contribution in [1.82, 2.24) is 15.3 Å². The van der Waals surface area contributed by atoms with Gasteiger partial charge in [-0.15, -0.1) is 0 Å². The van der Waals surface area contributed by atoms with E-state index in [1.807, 2.05) is 6.07 Å². The van der Waals surface area contributed by atoms with Crippen LogP contribution in [-0.4, -0.2) is 33.0 Å². The Kier molecular flexibility index (Phi) is 3.27. The molecular weight excluding hydrogens is 234 g/mol. The first-order valence-electron chi connectivity index (χ1n) is 5.49. The van der Waals surface area contributed by atoms with Crippen molar-refractivity contribution < 1.29 is 14.7 Å². The molecule has 0 aliphatic heterocycles. The van der Waals surface area contributed by atoms with Crippen LogP contribution < -0.4 is 5.32 Å². The Morgan fingerprint density at radius 1 is 1.56 bits per heavy atom. The number of aliphatic carboxylic acids is 1. The first-order chi connectivity index (χ1) is 8.58. The van der Waals surface area contributed by atoms with Crippen LogP contribution in [0.3, 0.4) is 0 Å². The summed E-state index contributed by atoms with van der Waals surface area (Å²) in [7, 11) is 0. The lowest BCUT2D eigenvalue weighted by atomic mass is 10.1. The van der Waals surface area contributed by atoms with Gasteiger partial charge in [0.2, 0.25) is 5.91 Å². The number of amides is 1. The van der Waals surface area contributed by atoms with Gasteiger partial charge in [0.25, 0.3) is 0 Å². The number of H-pyrrole nitrogens is 1. The predicted molar refractivity (Wildman–Crippen MR) is 65.0 cm³/mol. The third kappa shape index (κ3) is 2.48. The first-order valence-corrected chi connectivity index (χ1v) is 5.49. The summed E-state index contributed by atoms with van der Waals surface area (Å²) >= 11 is 0. The zero-order valence-corrected chi connectivity index (χ0v) is 9.80. The van der Waals surface area contributed by atoms with Gasteiger partial charge < -0.3 is 15.4 Å². The number of hydrogen-bond acceptors (Lipinski definition) is 3. The van der Waals surface area contributed by atoms with Crippen LogP contribution in [0.1, 0.15) is 12.5 Å². The Hall–Kier alpha value is -2.37. The van der Waals surface area contributed by atoms with E-state index in [4.69, 9.17) is 5.11 Å². The Balaban J connectivity index is 2.26. The zero-order valence-electron chi connectivity index (χ0n) is 9.80. The number of carbonyl (C=O) groups excluding carboxylic acids is 1. The minimum Gasteiger partial charge on any atom is -0.480 e. The summed E-state index contributed by atoms with van der Waals surface area (Å²) in [6.07, 6.45) is 3.60. The monoisotopic (exact) mass is 247 g/mol. The largest absolute Gasteiger partial charge is 0.480 e. The number of carboxylic acids is 1. The molecule has 0 aromatic carbocycles. The van der Waals surface area contributed by atoms with Crippen molar-refractivity contribution in [2.45, 2.75) is 19.4 Å². The molecule has 94 valence electrons. The molecule has 2 aromatic rings. The van der Waals surface area contributed by atoms with E-state index in [2.05, 4.69) is 15.3 Å². The third-order valence-electron chi connectivity index (χ3n) is 2.64. The molecule has 0 aliphatic rings. The van der Waals surface area contributed by atoms with Gasteiger partial charge in [-0.25, -0.2) is 9.78 Å². The zero-order chi connectivity index (χ0) is 13.1.